The summed E-state index contributed by atoms with van der Waals surface area (Å²) in [4.78, 5) is 71.9. The number of alkyl carbamates (subject to hydrolysis) is 2. The summed E-state index contributed by atoms with van der Waals surface area (Å²) >= 11 is 0. The number of rotatable bonds is 10. The molecule has 16 heteroatoms. The Kier molecular flexibility index (Phi) is 14.8. The Morgan fingerprint density at radius 3 is 1.72 bits per heavy atom. The lowest BCUT2D eigenvalue weighted by Gasteiger charge is -2.30. The molecule has 339 valence electrons. The minimum atomic E-state index is -0.714. The van der Waals surface area contributed by atoms with Crippen LogP contribution in [-0.4, -0.2) is 106 Å². The molecule has 5 heterocycles. The van der Waals surface area contributed by atoms with Crippen molar-refractivity contribution in [2.24, 2.45) is 11.8 Å². The highest BCUT2D eigenvalue weighted by atomic mass is 16.5. The summed E-state index contributed by atoms with van der Waals surface area (Å²) in [5, 5.41) is 5.44. The van der Waals surface area contributed by atoms with Crippen LogP contribution in [0.1, 0.15) is 104 Å². The third-order valence-corrected chi connectivity index (χ3v) is 12.3. The maximum absolute atomic E-state index is 13.8. The van der Waals surface area contributed by atoms with Crippen LogP contribution < -0.4 is 20.8 Å². The summed E-state index contributed by atoms with van der Waals surface area (Å²) in [7, 11) is 4.89. The highest BCUT2D eigenvalue weighted by Gasteiger charge is 2.39. The molecule has 3 aliphatic heterocycles. The van der Waals surface area contributed by atoms with Gasteiger partial charge in [-0.2, -0.15) is 0 Å². The van der Waals surface area contributed by atoms with Crippen molar-refractivity contribution in [3.63, 3.8) is 0 Å². The predicted octanol–water partition coefficient (Wildman–Crippen LogP) is 7.17. The molecule has 2 fully saturated rings. The number of likely N-dealkylation sites (tertiary alicyclic amines) is 2. The van der Waals surface area contributed by atoms with Gasteiger partial charge in [0.25, 0.3) is 0 Å². The van der Waals surface area contributed by atoms with Gasteiger partial charge in [0.2, 0.25) is 11.8 Å². The highest BCUT2D eigenvalue weighted by Crippen LogP contribution is 2.41. The van der Waals surface area contributed by atoms with E-state index in [9.17, 15) is 19.2 Å². The Labute approximate surface area is 377 Å². The Morgan fingerprint density at radius 1 is 0.781 bits per heavy atom. The van der Waals surface area contributed by atoms with Crippen LogP contribution in [-0.2, 0) is 19.1 Å². The SMILES string of the molecule is C#C.COC(=O)NC(C(=O)N1CCC[C@H]1c1ncc(-c2ccc3c(c2)[B]C(C)CC(C)(C)Oc2cc(-c4cnc([C@@H]5CCCN5C(=O)C(NC(=O)OC)C(C)C)[nH]4)ccc2-3)[nH]1)C(C)C. The van der Waals surface area contributed by atoms with E-state index in [1.807, 2.05) is 49.9 Å². The van der Waals surface area contributed by atoms with Crippen LogP contribution in [0, 0.1) is 24.7 Å². The molecule has 2 aromatic carbocycles. The number of carbonyl (C=O) groups is 4. The number of fused-ring (bicyclic) bond motifs is 3. The molecule has 5 atom stereocenters. The van der Waals surface area contributed by atoms with E-state index < -0.39 is 29.9 Å². The lowest BCUT2D eigenvalue weighted by Crippen LogP contribution is -2.51. The molecular formula is C48H62BN8O7. The summed E-state index contributed by atoms with van der Waals surface area (Å²) in [6.07, 6.45) is 14.3. The number of methoxy groups -OCH3 is 2. The Balaban J connectivity index is 0.00000335. The van der Waals surface area contributed by atoms with Crippen LogP contribution >= 0.6 is 0 Å². The quantitative estimate of drug-likeness (QED) is 0.0948. The van der Waals surface area contributed by atoms with Crippen LogP contribution in [0.2, 0.25) is 5.82 Å². The minimum Gasteiger partial charge on any atom is -0.487 e. The fourth-order valence-corrected chi connectivity index (χ4v) is 9.28. The first-order valence-electron chi connectivity index (χ1n) is 22.1. The van der Waals surface area contributed by atoms with Crippen molar-refractivity contribution in [1.82, 2.24) is 40.4 Å². The summed E-state index contributed by atoms with van der Waals surface area (Å²) in [5.74, 6) is 1.80. The van der Waals surface area contributed by atoms with Crippen molar-refractivity contribution in [1.29, 1.82) is 0 Å². The second kappa shape index (κ2) is 20.1. The number of hydrogen-bond acceptors (Lipinski definition) is 9. The Morgan fingerprint density at radius 2 is 1.25 bits per heavy atom. The molecule has 0 spiro atoms. The third-order valence-electron chi connectivity index (χ3n) is 12.3. The molecule has 4 aromatic rings. The first-order chi connectivity index (χ1) is 30.6. The van der Waals surface area contributed by atoms with Gasteiger partial charge in [0.15, 0.2) is 7.28 Å². The molecule has 3 unspecified atom stereocenters. The molecule has 0 bridgehead atoms. The van der Waals surface area contributed by atoms with Gasteiger partial charge in [-0.1, -0.05) is 76.2 Å². The lowest BCUT2D eigenvalue weighted by atomic mass is 9.56. The predicted molar refractivity (Wildman–Crippen MR) is 247 cm³/mol. The van der Waals surface area contributed by atoms with Gasteiger partial charge >= 0.3 is 12.2 Å². The third kappa shape index (κ3) is 10.2. The Hall–Kier alpha value is -6.24. The van der Waals surface area contributed by atoms with E-state index in [2.05, 4.69) is 97.9 Å². The average molecular weight is 874 g/mol. The smallest absolute Gasteiger partial charge is 0.407 e. The van der Waals surface area contributed by atoms with Crippen molar-refractivity contribution in [2.75, 3.05) is 27.3 Å². The van der Waals surface area contributed by atoms with Gasteiger partial charge in [0.1, 0.15) is 35.1 Å². The molecule has 0 saturated carbocycles. The second-order valence-corrected chi connectivity index (χ2v) is 18.2. The van der Waals surface area contributed by atoms with Gasteiger partial charge in [0, 0.05) is 24.2 Å². The van der Waals surface area contributed by atoms with Gasteiger partial charge in [-0.15, -0.1) is 12.8 Å². The van der Waals surface area contributed by atoms with E-state index in [-0.39, 0.29) is 41.6 Å². The molecule has 2 aromatic heterocycles. The van der Waals surface area contributed by atoms with Crippen molar-refractivity contribution in [3.8, 4) is 52.2 Å². The topological polar surface area (TPSA) is 184 Å². The van der Waals surface area contributed by atoms with Gasteiger partial charge in [-0.3, -0.25) is 9.59 Å². The molecule has 4 amide bonds. The van der Waals surface area contributed by atoms with E-state index in [0.717, 1.165) is 77.0 Å². The minimum absolute atomic E-state index is 0.123. The molecule has 7 rings (SSSR count). The number of carbonyl (C=O) groups excluding carboxylic acids is 4. The van der Waals surface area contributed by atoms with Crippen LogP contribution in [0.3, 0.4) is 0 Å². The fraction of sp³-hybridized carbons (Fsp3) is 0.500. The average Bonchev–Trinajstić information content (AvgIpc) is 4.11. The van der Waals surface area contributed by atoms with Gasteiger partial charge in [0.05, 0.1) is 50.1 Å². The van der Waals surface area contributed by atoms with Crippen molar-refractivity contribution in [3.05, 3.63) is 60.4 Å². The summed E-state index contributed by atoms with van der Waals surface area (Å²) in [6, 6.07) is 10.7. The molecule has 2 saturated heterocycles. The number of nitrogens with one attached hydrogen (secondary N) is 4. The lowest BCUT2D eigenvalue weighted by molar-refractivity contribution is -0.136. The zero-order chi connectivity index (χ0) is 46.5. The van der Waals surface area contributed by atoms with Crippen LogP contribution in [0.15, 0.2) is 48.8 Å². The molecule has 15 nitrogen and oxygen atoms in total. The number of H-pyrrole nitrogens is 2. The van der Waals surface area contributed by atoms with E-state index in [1.165, 1.54) is 14.2 Å². The monoisotopic (exact) mass is 873 g/mol. The first-order valence-corrected chi connectivity index (χ1v) is 22.1. The van der Waals surface area contributed by atoms with E-state index in [0.29, 0.717) is 24.7 Å². The number of nitrogens with zero attached hydrogens (tertiary/aromatic N) is 4. The second-order valence-electron chi connectivity index (χ2n) is 18.2. The van der Waals surface area contributed by atoms with Gasteiger partial charge < -0.3 is 44.6 Å². The summed E-state index contributed by atoms with van der Waals surface area (Å²) in [5.41, 5.74) is 6.12. The standard InChI is InChI=1S/C46H60BN8O7.C2H2/c1-25(2)38(52-44(58)60-8)42(56)54-18-10-12-35(54)40-48-23-33(50-40)28-14-16-30-31-17-15-29(21-37(31)62-46(6,7)22-27(5)47-32(30)20-28)34-24-49-41(51-34)36-13-11-19-55(36)43(57)39(26(3)4)53-45(59)61-9;1-2/h14-17,20-21,23-27,35-36,38-39H,10-13,18-19,22H2,1-9H3,(H,48,50)(H,49,51)(H,52,58)(H,53,59);1-2H/t27?,35-,36-,38?,39?;/m0./s1. The molecule has 0 aliphatic carbocycles. The van der Waals surface area contributed by atoms with Crippen molar-refractivity contribution >= 4 is 36.7 Å². The zero-order valence-electron chi connectivity index (χ0n) is 38.5. The molecular weight excluding hydrogens is 811 g/mol. The first kappa shape index (κ1) is 47.2. The van der Waals surface area contributed by atoms with E-state index in [4.69, 9.17) is 24.2 Å². The number of ether oxygens (including phenoxy) is 3. The molecule has 3 aliphatic rings. The summed E-state index contributed by atoms with van der Waals surface area (Å²) in [6.45, 7) is 15.2. The van der Waals surface area contributed by atoms with Crippen LogP contribution in [0.5, 0.6) is 5.75 Å². The van der Waals surface area contributed by atoms with E-state index in [1.54, 1.807) is 0 Å². The Bertz CT molecular complexity index is 2340. The molecule has 64 heavy (non-hydrogen) atoms. The number of aromatic amines is 2. The van der Waals surface area contributed by atoms with Gasteiger partial charge in [-0.05, 0) is 75.0 Å². The number of aromatic nitrogens is 4. The number of hydrogen-bond donors (Lipinski definition) is 4. The maximum Gasteiger partial charge on any atom is 0.407 e. The number of amides is 4. The number of imidazole rings is 2. The molecule has 4 N–H and O–H groups in total. The van der Waals surface area contributed by atoms with Crippen molar-refractivity contribution < 1.29 is 33.4 Å². The molecule has 1 radical (unpaired) electrons. The normalized spacial score (nSPS) is 19.9. The number of terminal acetylenes is 1. The van der Waals surface area contributed by atoms with Crippen LogP contribution in [0.25, 0.3) is 33.6 Å². The highest BCUT2D eigenvalue weighted by molar-refractivity contribution is 6.57. The largest absolute Gasteiger partial charge is 0.487 e. The maximum atomic E-state index is 13.8. The van der Waals surface area contributed by atoms with E-state index >= 15 is 0 Å². The van der Waals surface area contributed by atoms with Crippen molar-refractivity contribution in [2.45, 2.75) is 116 Å². The van der Waals surface area contributed by atoms with Gasteiger partial charge in [-0.25, -0.2) is 19.6 Å². The zero-order valence-corrected chi connectivity index (χ0v) is 38.5. The van der Waals surface area contributed by atoms with Crippen LogP contribution in [0.4, 0.5) is 9.59 Å². The fourth-order valence-electron chi connectivity index (χ4n) is 9.28. The summed E-state index contributed by atoms with van der Waals surface area (Å²) < 4.78 is 16.5. The number of benzene rings is 2.